The lowest BCUT2D eigenvalue weighted by molar-refractivity contribution is 0.0599. The topological polar surface area (TPSA) is 123 Å². The molecular formula is C18H18BrN5O3. The molecule has 3 N–H and O–H groups in total. The number of carbonyl (C=O) groups is 2. The van der Waals surface area contributed by atoms with Crippen molar-refractivity contribution in [2.75, 3.05) is 12.4 Å². The lowest BCUT2D eigenvalue weighted by Crippen LogP contribution is -2.14. The van der Waals surface area contributed by atoms with Crippen molar-refractivity contribution in [2.24, 2.45) is 11.7 Å². The SMILES string of the molecule is COC(=O)c1cc(Nc2nn([C@H]3CCCC3C#N)cc2C(N)=O)ccc1Br. The Hall–Kier alpha value is -2.86. The van der Waals surface area contributed by atoms with Crippen molar-refractivity contribution >= 4 is 39.3 Å². The fourth-order valence-corrected chi connectivity index (χ4v) is 3.66. The van der Waals surface area contributed by atoms with Gasteiger partial charge in [-0.05, 0) is 53.4 Å². The number of esters is 1. The van der Waals surface area contributed by atoms with E-state index >= 15 is 0 Å². The van der Waals surface area contributed by atoms with Crippen LogP contribution in [0, 0.1) is 17.2 Å². The second kappa shape index (κ2) is 7.80. The molecule has 8 nitrogen and oxygen atoms in total. The largest absolute Gasteiger partial charge is 0.465 e. The first-order valence-electron chi connectivity index (χ1n) is 8.38. The first-order valence-corrected chi connectivity index (χ1v) is 9.17. The van der Waals surface area contributed by atoms with Gasteiger partial charge in [0.1, 0.15) is 5.56 Å². The monoisotopic (exact) mass is 431 g/mol. The van der Waals surface area contributed by atoms with Crippen molar-refractivity contribution in [1.82, 2.24) is 9.78 Å². The Morgan fingerprint density at radius 2 is 2.19 bits per heavy atom. The zero-order valence-corrected chi connectivity index (χ0v) is 16.2. The first kappa shape index (κ1) is 18.9. The molecular weight excluding hydrogens is 414 g/mol. The van der Waals surface area contributed by atoms with Crippen LogP contribution in [0.2, 0.25) is 0 Å². The van der Waals surface area contributed by atoms with Crippen molar-refractivity contribution < 1.29 is 14.3 Å². The fraction of sp³-hybridized carbons (Fsp3) is 0.333. The number of methoxy groups -OCH3 is 1. The molecule has 0 saturated heterocycles. The van der Waals surface area contributed by atoms with Crippen LogP contribution >= 0.6 is 15.9 Å². The average molecular weight is 432 g/mol. The van der Waals surface area contributed by atoms with Gasteiger partial charge in [-0.15, -0.1) is 0 Å². The van der Waals surface area contributed by atoms with Crippen molar-refractivity contribution in [2.45, 2.75) is 25.3 Å². The highest BCUT2D eigenvalue weighted by molar-refractivity contribution is 9.10. The number of nitriles is 1. The number of primary amides is 1. The highest BCUT2D eigenvalue weighted by Crippen LogP contribution is 2.36. The molecule has 3 rings (SSSR count). The summed E-state index contributed by atoms with van der Waals surface area (Å²) in [5.74, 6) is -0.976. The molecule has 27 heavy (non-hydrogen) atoms. The van der Waals surface area contributed by atoms with E-state index in [1.54, 1.807) is 29.1 Å². The number of carbonyl (C=O) groups excluding carboxylic acids is 2. The third kappa shape index (κ3) is 3.80. The number of ether oxygens (including phenoxy) is 1. The fourth-order valence-electron chi connectivity index (χ4n) is 3.25. The molecule has 1 heterocycles. The summed E-state index contributed by atoms with van der Waals surface area (Å²) in [7, 11) is 1.30. The van der Waals surface area contributed by atoms with Crippen LogP contribution in [0.5, 0.6) is 0 Å². The van der Waals surface area contributed by atoms with Crippen LogP contribution in [0.15, 0.2) is 28.9 Å². The summed E-state index contributed by atoms with van der Waals surface area (Å²) in [6.45, 7) is 0. The summed E-state index contributed by atoms with van der Waals surface area (Å²) in [5, 5.41) is 16.8. The summed E-state index contributed by atoms with van der Waals surface area (Å²) in [6, 6.07) is 7.23. The highest BCUT2D eigenvalue weighted by atomic mass is 79.9. The minimum absolute atomic E-state index is 0.0841. The van der Waals surface area contributed by atoms with Crippen LogP contribution in [0.25, 0.3) is 0 Å². The molecule has 1 aliphatic rings. The van der Waals surface area contributed by atoms with Crippen molar-refractivity contribution in [3.05, 3.63) is 40.0 Å². The molecule has 1 amide bonds. The van der Waals surface area contributed by atoms with Gasteiger partial charge in [0.15, 0.2) is 5.82 Å². The second-order valence-corrected chi connectivity index (χ2v) is 7.14. The van der Waals surface area contributed by atoms with Gasteiger partial charge in [0.2, 0.25) is 0 Å². The Morgan fingerprint density at radius 1 is 1.41 bits per heavy atom. The average Bonchev–Trinajstić information content (AvgIpc) is 3.29. The van der Waals surface area contributed by atoms with Crippen LogP contribution in [-0.2, 0) is 4.74 Å². The van der Waals surface area contributed by atoms with Crippen LogP contribution in [0.4, 0.5) is 11.5 Å². The van der Waals surface area contributed by atoms with Gasteiger partial charge in [-0.2, -0.15) is 10.4 Å². The Bertz CT molecular complexity index is 934. The predicted octanol–water partition coefficient (Wildman–Crippen LogP) is 3.14. The first-order chi connectivity index (χ1) is 12.9. The molecule has 9 heteroatoms. The molecule has 0 aliphatic heterocycles. The number of aromatic nitrogens is 2. The van der Waals surface area contributed by atoms with Gasteiger partial charge < -0.3 is 15.8 Å². The predicted molar refractivity (Wildman–Crippen MR) is 102 cm³/mol. The van der Waals surface area contributed by atoms with Crippen molar-refractivity contribution in [1.29, 1.82) is 5.26 Å². The van der Waals surface area contributed by atoms with E-state index < -0.39 is 11.9 Å². The lowest BCUT2D eigenvalue weighted by atomic mass is 10.1. The standard InChI is InChI=1S/C18H18BrN5O3/c1-27-18(26)12-7-11(5-6-14(12)19)22-17-13(16(21)25)9-24(23-17)15-4-2-3-10(15)8-20/h5-7,9-10,15H,2-4H2,1H3,(H2,21,25)(H,22,23)/t10?,15-/m0/s1. The van der Waals surface area contributed by atoms with Crippen LogP contribution in [0.3, 0.4) is 0 Å². The molecule has 1 unspecified atom stereocenters. The molecule has 0 spiro atoms. The molecule has 2 aromatic rings. The Balaban J connectivity index is 1.94. The maximum absolute atomic E-state index is 11.9. The zero-order valence-electron chi connectivity index (χ0n) is 14.6. The van der Waals surface area contributed by atoms with E-state index in [2.05, 4.69) is 32.4 Å². The maximum atomic E-state index is 11.9. The van der Waals surface area contributed by atoms with Crippen molar-refractivity contribution in [3.8, 4) is 6.07 Å². The Morgan fingerprint density at radius 3 is 2.85 bits per heavy atom. The summed E-state index contributed by atoms with van der Waals surface area (Å²) >= 11 is 3.31. The van der Waals surface area contributed by atoms with Gasteiger partial charge in [-0.1, -0.05) is 0 Å². The summed E-state index contributed by atoms with van der Waals surface area (Å²) in [5.41, 5.74) is 6.60. The highest BCUT2D eigenvalue weighted by Gasteiger charge is 2.30. The number of nitrogens with one attached hydrogen (secondary N) is 1. The number of anilines is 2. The minimum Gasteiger partial charge on any atom is -0.465 e. The van der Waals surface area contributed by atoms with Crippen LogP contribution in [0.1, 0.15) is 46.0 Å². The lowest BCUT2D eigenvalue weighted by Gasteiger charge is -2.13. The Labute approximate surface area is 164 Å². The molecule has 0 bridgehead atoms. The molecule has 2 atom stereocenters. The molecule has 1 aromatic carbocycles. The van der Waals surface area contributed by atoms with E-state index in [0.717, 1.165) is 19.3 Å². The Kier molecular flexibility index (Phi) is 5.46. The molecule has 1 aromatic heterocycles. The number of nitrogens with two attached hydrogens (primary N) is 1. The normalized spacial score (nSPS) is 18.7. The zero-order chi connectivity index (χ0) is 19.6. The number of amides is 1. The summed E-state index contributed by atoms with van der Waals surface area (Å²) in [6.07, 6.45) is 4.14. The maximum Gasteiger partial charge on any atom is 0.339 e. The molecule has 1 fully saturated rings. The summed E-state index contributed by atoms with van der Waals surface area (Å²) < 4.78 is 6.99. The number of benzene rings is 1. The van der Waals surface area contributed by atoms with E-state index in [0.29, 0.717) is 15.7 Å². The molecule has 0 radical (unpaired) electrons. The van der Waals surface area contributed by atoms with Gasteiger partial charge in [0.25, 0.3) is 5.91 Å². The van der Waals surface area contributed by atoms with E-state index in [-0.39, 0.29) is 23.3 Å². The van der Waals surface area contributed by atoms with Gasteiger partial charge >= 0.3 is 5.97 Å². The number of nitrogens with zero attached hydrogens (tertiary/aromatic N) is 3. The number of hydrogen-bond acceptors (Lipinski definition) is 6. The van der Waals surface area contributed by atoms with Crippen molar-refractivity contribution in [3.63, 3.8) is 0 Å². The quantitative estimate of drug-likeness (QED) is 0.700. The van der Waals surface area contributed by atoms with Gasteiger partial charge in [0, 0.05) is 16.4 Å². The summed E-state index contributed by atoms with van der Waals surface area (Å²) in [4.78, 5) is 23.7. The van der Waals surface area contributed by atoms with Gasteiger partial charge in [-0.25, -0.2) is 4.79 Å². The number of hydrogen-bond donors (Lipinski definition) is 2. The van der Waals surface area contributed by atoms with E-state index in [4.69, 9.17) is 10.5 Å². The number of halogens is 1. The van der Waals surface area contributed by atoms with E-state index in [1.807, 2.05) is 0 Å². The number of rotatable bonds is 5. The third-order valence-electron chi connectivity index (χ3n) is 4.62. The van der Waals surface area contributed by atoms with E-state index in [9.17, 15) is 14.9 Å². The minimum atomic E-state index is -0.624. The molecule has 140 valence electrons. The third-order valence-corrected chi connectivity index (χ3v) is 5.31. The second-order valence-electron chi connectivity index (χ2n) is 6.28. The smallest absolute Gasteiger partial charge is 0.339 e. The van der Waals surface area contributed by atoms with Gasteiger partial charge in [0.05, 0.1) is 30.7 Å². The van der Waals surface area contributed by atoms with Crippen LogP contribution in [-0.4, -0.2) is 28.8 Å². The van der Waals surface area contributed by atoms with Gasteiger partial charge in [-0.3, -0.25) is 9.48 Å². The molecule has 1 saturated carbocycles. The van der Waals surface area contributed by atoms with E-state index in [1.165, 1.54) is 7.11 Å². The molecule has 1 aliphatic carbocycles. The van der Waals surface area contributed by atoms with Crippen LogP contribution < -0.4 is 11.1 Å².